The molecule has 1 amide bonds. The number of aryl methyl sites for hydroxylation is 1. The Morgan fingerprint density at radius 1 is 1.17 bits per heavy atom. The van der Waals surface area contributed by atoms with Gasteiger partial charge in [-0.15, -0.1) is 0 Å². The van der Waals surface area contributed by atoms with Crippen molar-refractivity contribution in [2.75, 3.05) is 13.2 Å². The normalized spacial score (nSPS) is 15.8. The molecule has 1 atom stereocenters. The fourth-order valence-corrected chi connectivity index (χ4v) is 3.80. The summed E-state index contributed by atoms with van der Waals surface area (Å²) in [6.07, 6.45) is -3.04. The van der Waals surface area contributed by atoms with Gasteiger partial charge in [0.05, 0.1) is 23.9 Å². The molecule has 2 heterocycles. The summed E-state index contributed by atoms with van der Waals surface area (Å²) in [6.45, 7) is 2.25. The molecule has 2 aromatic carbocycles. The summed E-state index contributed by atoms with van der Waals surface area (Å²) in [5.74, 6) is -0.770. The molecule has 1 fully saturated rings. The lowest BCUT2D eigenvalue weighted by Gasteiger charge is -2.14. The maximum atomic E-state index is 13.2. The molecule has 35 heavy (non-hydrogen) atoms. The molecule has 0 aliphatic carbocycles. The van der Waals surface area contributed by atoms with Crippen molar-refractivity contribution in [3.05, 3.63) is 91.8 Å². The zero-order valence-corrected chi connectivity index (χ0v) is 18.8. The van der Waals surface area contributed by atoms with Crippen molar-refractivity contribution >= 4 is 5.91 Å². The summed E-state index contributed by atoms with van der Waals surface area (Å²) < 4.78 is 45.9. The van der Waals surface area contributed by atoms with Gasteiger partial charge in [0.1, 0.15) is 0 Å². The lowest BCUT2D eigenvalue weighted by molar-refractivity contribution is -0.137. The molecule has 3 aromatic rings. The molecule has 0 radical (unpaired) electrons. The lowest BCUT2D eigenvalue weighted by atomic mass is 10.1. The second-order valence-electron chi connectivity index (χ2n) is 8.31. The van der Waals surface area contributed by atoms with Crippen molar-refractivity contribution in [3.8, 4) is 5.69 Å². The number of carbonyl (C=O) groups is 1. The molecule has 0 bridgehead atoms. The Kier molecular flexibility index (Phi) is 6.88. The zero-order chi connectivity index (χ0) is 25.2. The maximum Gasteiger partial charge on any atom is 0.416 e. The van der Waals surface area contributed by atoms with Crippen LogP contribution in [0.3, 0.4) is 0 Å². The summed E-state index contributed by atoms with van der Waals surface area (Å²) in [4.78, 5) is 39.2. The summed E-state index contributed by atoms with van der Waals surface area (Å²) in [7, 11) is 0. The van der Waals surface area contributed by atoms with Crippen LogP contribution in [0.2, 0.25) is 0 Å². The minimum Gasteiger partial charge on any atom is -0.376 e. The molecule has 0 unspecified atom stereocenters. The Bertz CT molecular complexity index is 1340. The molecular weight excluding hydrogens is 465 g/mol. The zero-order valence-electron chi connectivity index (χ0n) is 18.8. The van der Waals surface area contributed by atoms with E-state index >= 15 is 0 Å². The molecular formula is C24H23F3N4O4. The minimum absolute atomic E-state index is 0.170. The molecule has 0 spiro atoms. The smallest absolute Gasteiger partial charge is 0.376 e. The van der Waals surface area contributed by atoms with Crippen molar-refractivity contribution in [2.24, 2.45) is 0 Å². The third-order valence-electron chi connectivity index (χ3n) is 5.66. The number of nitrogens with zero attached hydrogens (tertiary/aromatic N) is 3. The number of halogens is 3. The number of nitrogens with one attached hydrogen (secondary N) is 1. The Hall–Kier alpha value is -3.73. The molecule has 1 aromatic heterocycles. The van der Waals surface area contributed by atoms with E-state index in [9.17, 15) is 27.6 Å². The first-order chi connectivity index (χ1) is 16.6. The molecule has 1 saturated heterocycles. The molecule has 4 rings (SSSR count). The first-order valence-electron chi connectivity index (χ1n) is 11.0. The van der Waals surface area contributed by atoms with E-state index in [0.717, 1.165) is 39.8 Å². The van der Waals surface area contributed by atoms with E-state index in [2.05, 4.69) is 10.4 Å². The van der Waals surface area contributed by atoms with Gasteiger partial charge in [0.25, 0.3) is 11.5 Å². The van der Waals surface area contributed by atoms with Crippen molar-refractivity contribution < 1.29 is 22.7 Å². The highest BCUT2D eigenvalue weighted by Crippen LogP contribution is 2.29. The van der Waals surface area contributed by atoms with Crippen molar-refractivity contribution in [1.82, 2.24) is 19.7 Å². The summed E-state index contributed by atoms with van der Waals surface area (Å²) in [6, 6.07) is 10.9. The first-order valence-corrected chi connectivity index (χ1v) is 11.0. The Morgan fingerprint density at radius 2 is 1.91 bits per heavy atom. The number of amides is 1. The predicted molar refractivity (Wildman–Crippen MR) is 121 cm³/mol. The number of rotatable bonds is 6. The quantitative estimate of drug-likeness (QED) is 0.576. The van der Waals surface area contributed by atoms with Crippen molar-refractivity contribution in [3.63, 3.8) is 0 Å². The number of aromatic nitrogens is 3. The summed E-state index contributed by atoms with van der Waals surface area (Å²) in [5.41, 5.74) is -1.68. The number of hydrogen-bond donors (Lipinski definition) is 1. The van der Waals surface area contributed by atoms with Crippen LogP contribution in [0, 0.1) is 6.92 Å². The predicted octanol–water partition coefficient (Wildman–Crippen LogP) is 2.68. The van der Waals surface area contributed by atoms with Crippen LogP contribution in [0.15, 0.2) is 58.1 Å². The van der Waals surface area contributed by atoms with E-state index in [-0.39, 0.29) is 24.8 Å². The third-order valence-corrected chi connectivity index (χ3v) is 5.66. The second-order valence-corrected chi connectivity index (χ2v) is 8.31. The Morgan fingerprint density at radius 3 is 2.54 bits per heavy atom. The van der Waals surface area contributed by atoms with Gasteiger partial charge in [0.2, 0.25) is 5.69 Å². The van der Waals surface area contributed by atoms with Crippen molar-refractivity contribution in [1.29, 1.82) is 0 Å². The third kappa shape index (κ3) is 5.51. The van der Waals surface area contributed by atoms with Crippen LogP contribution in [0.1, 0.15) is 40.0 Å². The van der Waals surface area contributed by atoms with Gasteiger partial charge in [-0.2, -0.15) is 23.0 Å². The SMILES string of the molecule is Cc1cccc(-n2nc(C(=O)NC[C@H]3CCCO3)c(=O)n(Cc3ccc(C(F)(F)F)cc3)c2=O)c1. The van der Waals surface area contributed by atoms with Gasteiger partial charge < -0.3 is 10.1 Å². The van der Waals surface area contributed by atoms with Crippen LogP contribution in [0.25, 0.3) is 5.69 Å². The average molecular weight is 488 g/mol. The molecule has 1 N–H and O–H groups in total. The van der Waals surface area contributed by atoms with Crippen LogP contribution < -0.4 is 16.6 Å². The van der Waals surface area contributed by atoms with Crippen LogP contribution in [0.5, 0.6) is 0 Å². The first kappa shape index (κ1) is 24.4. The lowest BCUT2D eigenvalue weighted by Crippen LogP contribution is -2.46. The van der Waals surface area contributed by atoms with Gasteiger partial charge >= 0.3 is 11.9 Å². The fourth-order valence-electron chi connectivity index (χ4n) is 3.80. The maximum absolute atomic E-state index is 13.2. The van der Waals surface area contributed by atoms with E-state index in [4.69, 9.17) is 4.74 Å². The molecule has 8 nitrogen and oxygen atoms in total. The highest BCUT2D eigenvalue weighted by Gasteiger charge is 2.30. The van der Waals surface area contributed by atoms with Crippen LogP contribution in [-0.4, -0.2) is 39.5 Å². The number of ether oxygens (including phenoxy) is 1. The molecule has 184 valence electrons. The van der Waals surface area contributed by atoms with Gasteiger partial charge in [-0.05, 0) is 55.2 Å². The second kappa shape index (κ2) is 9.87. The Labute approximate surface area is 198 Å². The molecule has 11 heteroatoms. The highest BCUT2D eigenvalue weighted by molar-refractivity contribution is 5.91. The van der Waals surface area contributed by atoms with E-state index in [0.29, 0.717) is 12.3 Å². The molecule has 0 saturated carbocycles. The topological polar surface area (TPSA) is 95.2 Å². The van der Waals surface area contributed by atoms with E-state index in [1.54, 1.807) is 18.2 Å². The number of benzene rings is 2. The van der Waals surface area contributed by atoms with Crippen LogP contribution >= 0.6 is 0 Å². The van der Waals surface area contributed by atoms with Crippen LogP contribution in [-0.2, 0) is 17.5 Å². The number of alkyl halides is 3. The minimum atomic E-state index is -4.52. The van der Waals surface area contributed by atoms with E-state index in [1.165, 1.54) is 12.1 Å². The monoisotopic (exact) mass is 488 g/mol. The van der Waals surface area contributed by atoms with Gasteiger partial charge in [-0.25, -0.2) is 4.79 Å². The molecule has 1 aliphatic heterocycles. The van der Waals surface area contributed by atoms with E-state index in [1.807, 2.05) is 13.0 Å². The summed E-state index contributed by atoms with van der Waals surface area (Å²) in [5, 5.41) is 6.67. The number of carbonyl (C=O) groups excluding carboxylic acids is 1. The van der Waals surface area contributed by atoms with Gasteiger partial charge in [0, 0.05) is 13.2 Å². The van der Waals surface area contributed by atoms with Gasteiger partial charge in [-0.3, -0.25) is 14.2 Å². The highest BCUT2D eigenvalue weighted by atomic mass is 19.4. The van der Waals surface area contributed by atoms with Gasteiger partial charge in [0.15, 0.2) is 0 Å². The molecule has 1 aliphatic rings. The fraction of sp³-hybridized carbons (Fsp3) is 0.333. The summed E-state index contributed by atoms with van der Waals surface area (Å²) >= 11 is 0. The average Bonchev–Trinajstić information content (AvgIpc) is 3.34. The van der Waals surface area contributed by atoms with Crippen LogP contribution in [0.4, 0.5) is 13.2 Å². The Balaban J connectivity index is 1.74. The standard InChI is InChI=1S/C24H23F3N4O4/c1-15-4-2-5-18(12-15)31-23(34)30(14-16-7-9-17(10-8-16)24(25,26)27)22(33)20(29-31)21(32)28-13-19-6-3-11-35-19/h2,4-5,7-10,12,19H,3,6,11,13-14H2,1H3,(H,28,32)/t19-/m1/s1. The largest absolute Gasteiger partial charge is 0.416 e. The van der Waals surface area contributed by atoms with Gasteiger partial charge in [-0.1, -0.05) is 24.3 Å². The van der Waals surface area contributed by atoms with E-state index < -0.39 is 34.6 Å². The number of hydrogen-bond acceptors (Lipinski definition) is 5. The van der Waals surface area contributed by atoms with Crippen molar-refractivity contribution in [2.45, 2.75) is 38.6 Å².